The Morgan fingerprint density at radius 1 is 1.22 bits per heavy atom. The Hall–Kier alpha value is -3.26. The Bertz CT molecular complexity index is 995. The van der Waals surface area contributed by atoms with Gasteiger partial charge < -0.3 is 20.3 Å². The van der Waals surface area contributed by atoms with E-state index in [1.54, 1.807) is 22.2 Å². The van der Waals surface area contributed by atoms with E-state index in [0.717, 1.165) is 16.7 Å². The van der Waals surface area contributed by atoms with Gasteiger partial charge in [0.25, 0.3) is 5.91 Å². The van der Waals surface area contributed by atoms with Gasteiger partial charge in [0.1, 0.15) is 0 Å². The van der Waals surface area contributed by atoms with Crippen molar-refractivity contribution < 1.29 is 19.1 Å². The van der Waals surface area contributed by atoms with Crippen molar-refractivity contribution in [3.8, 4) is 11.1 Å². The van der Waals surface area contributed by atoms with Crippen molar-refractivity contribution >= 4 is 17.7 Å². The maximum atomic E-state index is 13.1. The van der Waals surface area contributed by atoms with E-state index in [1.165, 1.54) is 0 Å². The highest BCUT2D eigenvalue weighted by molar-refractivity contribution is 5.90. The number of primary amides is 1. The highest BCUT2D eigenvalue weighted by atomic mass is 16.5. The molecule has 0 aliphatic carbocycles. The third-order valence-corrected chi connectivity index (χ3v) is 6.33. The summed E-state index contributed by atoms with van der Waals surface area (Å²) in [6, 6.07) is 11.7. The number of carbonyl (C=O) groups excluding carboxylic acids is 3. The van der Waals surface area contributed by atoms with Gasteiger partial charge in [-0.15, -0.1) is 0 Å². The molecule has 2 atom stereocenters. The van der Waals surface area contributed by atoms with Crippen LogP contribution in [0.5, 0.6) is 0 Å². The molecule has 0 bridgehead atoms. The Balaban J connectivity index is 1.49. The van der Waals surface area contributed by atoms with Crippen LogP contribution in [0.2, 0.25) is 0 Å². The first-order valence-electron chi connectivity index (χ1n) is 10.9. The molecule has 32 heavy (non-hydrogen) atoms. The van der Waals surface area contributed by atoms with Crippen molar-refractivity contribution in [2.75, 3.05) is 32.8 Å². The van der Waals surface area contributed by atoms with Gasteiger partial charge in [-0.1, -0.05) is 30.3 Å². The fourth-order valence-corrected chi connectivity index (χ4v) is 4.50. The summed E-state index contributed by atoms with van der Waals surface area (Å²) in [6.45, 7) is 3.60. The molecule has 1 aromatic carbocycles. The summed E-state index contributed by atoms with van der Waals surface area (Å²) in [5.41, 5.74) is 7.39. The highest BCUT2D eigenvalue weighted by Crippen LogP contribution is 2.28. The lowest BCUT2D eigenvalue weighted by atomic mass is 9.90. The molecule has 3 amide bonds. The molecule has 2 saturated heterocycles. The average molecular weight is 437 g/mol. The van der Waals surface area contributed by atoms with Crippen LogP contribution in [0.25, 0.3) is 11.1 Å². The number of nitrogens with two attached hydrogens (primary N) is 1. The molecule has 0 saturated carbocycles. The normalized spacial score (nSPS) is 23.4. The van der Waals surface area contributed by atoms with Crippen LogP contribution in [-0.2, 0) is 25.5 Å². The number of hydrogen-bond acceptors (Lipinski definition) is 5. The molecule has 2 aliphatic heterocycles. The maximum absolute atomic E-state index is 13.1. The van der Waals surface area contributed by atoms with Gasteiger partial charge in [-0.25, -0.2) is 0 Å². The lowest BCUT2D eigenvalue weighted by Gasteiger charge is -2.41. The number of benzene rings is 1. The second-order valence-electron chi connectivity index (χ2n) is 8.42. The molecule has 0 spiro atoms. The SMILES string of the molecule is CCN1CC(C(=O)N2CCOC(Cc3ccc(-c4cccnc4)cc3)(C(N)=O)C2)CC1=O. The van der Waals surface area contributed by atoms with Crippen molar-refractivity contribution in [2.24, 2.45) is 11.7 Å². The van der Waals surface area contributed by atoms with Gasteiger partial charge in [0, 0.05) is 44.9 Å². The van der Waals surface area contributed by atoms with Crippen LogP contribution < -0.4 is 5.73 Å². The maximum Gasteiger partial charge on any atom is 0.251 e. The topological polar surface area (TPSA) is 106 Å². The molecule has 8 nitrogen and oxygen atoms in total. The average Bonchev–Trinajstić information content (AvgIpc) is 3.20. The van der Waals surface area contributed by atoms with Gasteiger partial charge in [0.15, 0.2) is 5.60 Å². The van der Waals surface area contributed by atoms with Crippen LogP contribution in [0.15, 0.2) is 48.8 Å². The molecule has 8 heteroatoms. The monoisotopic (exact) mass is 436 g/mol. The summed E-state index contributed by atoms with van der Waals surface area (Å²) >= 11 is 0. The highest BCUT2D eigenvalue weighted by Gasteiger charge is 2.46. The number of morpholine rings is 1. The quantitative estimate of drug-likeness (QED) is 0.734. The molecule has 2 N–H and O–H groups in total. The van der Waals surface area contributed by atoms with Gasteiger partial charge in [0.2, 0.25) is 11.8 Å². The van der Waals surface area contributed by atoms with Crippen molar-refractivity contribution in [3.63, 3.8) is 0 Å². The zero-order valence-electron chi connectivity index (χ0n) is 18.2. The molecule has 0 radical (unpaired) electrons. The first-order chi connectivity index (χ1) is 15.4. The van der Waals surface area contributed by atoms with Crippen LogP contribution in [0.1, 0.15) is 18.9 Å². The van der Waals surface area contributed by atoms with Crippen LogP contribution in [0, 0.1) is 5.92 Å². The number of aromatic nitrogens is 1. The number of pyridine rings is 1. The molecular weight excluding hydrogens is 408 g/mol. The van der Waals surface area contributed by atoms with Gasteiger partial charge in [-0.3, -0.25) is 19.4 Å². The minimum atomic E-state index is -1.29. The van der Waals surface area contributed by atoms with Gasteiger partial charge in [0.05, 0.1) is 19.1 Å². The predicted octanol–water partition coefficient (Wildman–Crippen LogP) is 1.24. The molecule has 2 aliphatic rings. The van der Waals surface area contributed by atoms with Crippen molar-refractivity contribution in [2.45, 2.75) is 25.4 Å². The molecule has 168 valence electrons. The number of nitrogens with zero attached hydrogens (tertiary/aromatic N) is 3. The number of carbonyl (C=O) groups is 3. The molecule has 2 unspecified atom stereocenters. The summed E-state index contributed by atoms with van der Waals surface area (Å²) in [5.74, 6) is -1.10. The minimum absolute atomic E-state index is 0.00557. The summed E-state index contributed by atoms with van der Waals surface area (Å²) in [6.07, 6.45) is 4.00. The second kappa shape index (κ2) is 9.08. The summed E-state index contributed by atoms with van der Waals surface area (Å²) < 4.78 is 5.90. The number of hydrogen-bond donors (Lipinski definition) is 1. The first kappa shape index (κ1) is 22.0. The van der Waals surface area contributed by atoms with Gasteiger partial charge >= 0.3 is 0 Å². The van der Waals surface area contributed by atoms with E-state index in [0.29, 0.717) is 19.6 Å². The molecule has 4 rings (SSSR count). The van der Waals surface area contributed by atoms with Gasteiger partial charge in [-0.05, 0) is 29.7 Å². The third kappa shape index (κ3) is 4.36. The smallest absolute Gasteiger partial charge is 0.251 e. The van der Waals surface area contributed by atoms with Crippen LogP contribution in [0.4, 0.5) is 0 Å². The van der Waals surface area contributed by atoms with E-state index in [2.05, 4.69) is 4.98 Å². The molecule has 2 fully saturated rings. The summed E-state index contributed by atoms with van der Waals surface area (Å²) in [4.78, 5) is 45.1. The van der Waals surface area contributed by atoms with Crippen LogP contribution in [-0.4, -0.2) is 70.9 Å². The van der Waals surface area contributed by atoms with E-state index < -0.39 is 11.5 Å². The Morgan fingerprint density at radius 2 is 2.00 bits per heavy atom. The van der Waals surface area contributed by atoms with Crippen molar-refractivity contribution in [1.82, 2.24) is 14.8 Å². The van der Waals surface area contributed by atoms with E-state index >= 15 is 0 Å². The van der Waals surface area contributed by atoms with E-state index in [4.69, 9.17) is 10.5 Å². The summed E-state index contributed by atoms with van der Waals surface area (Å²) in [7, 11) is 0. The largest absolute Gasteiger partial charge is 0.367 e. The zero-order valence-corrected chi connectivity index (χ0v) is 18.2. The van der Waals surface area contributed by atoms with Gasteiger partial charge in [-0.2, -0.15) is 0 Å². The molecule has 2 aromatic rings. The molecule has 3 heterocycles. The first-order valence-corrected chi connectivity index (χ1v) is 10.9. The molecule has 1 aromatic heterocycles. The summed E-state index contributed by atoms with van der Waals surface area (Å²) in [5, 5.41) is 0. The third-order valence-electron chi connectivity index (χ3n) is 6.33. The predicted molar refractivity (Wildman–Crippen MR) is 118 cm³/mol. The minimum Gasteiger partial charge on any atom is -0.367 e. The Morgan fingerprint density at radius 3 is 2.62 bits per heavy atom. The second-order valence-corrected chi connectivity index (χ2v) is 8.42. The number of rotatable bonds is 6. The number of ether oxygens (including phenoxy) is 1. The standard InChI is InChI=1S/C24H28N4O4/c1-2-27-15-20(12-21(27)29)22(30)28-10-11-32-24(16-28,23(25)31)13-17-5-7-18(8-6-17)19-4-3-9-26-14-19/h3-9,14,20H,2,10-13,15-16H2,1H3,(H2,25,31). The number of amides is 3. The van der Waals surface area contributed by atoms with E-state index in [1.807, 2.05) is 43.3 Å². The van der Waals surface area contributed by atoms with Crippen molar-refractivity contribution in [1.29, 1.82) is 0 Å². The van der Waals surface area contributed by atoms with Crippen LogP contribution >= 0.6 is 0 Å². The Kier molecular flexibility index (Phi) is 6.23. The number of likely N-dealkylation sites (tertiary alicyclic amines) is 1. The van der Waals surface area contributed by atoms with Crippen molar-refractivity contribution in [3.05, 3.63) is 54.4 Å². The van der Waals surface area contributed by atoms with Crippen LogP contribution in [0.3, 0.4) is 0 Å². The lowest BCUT2D eigenvalue weighted by molar-refractivity contribution is -0.165. The Labute approximate surface area is 187 Å². The van der Waals surface area contributed by atoms with E-state index in [9.17, 15) is 14.4 Å². The fourth-order valence-electron chi connectivity index (χ4n) is 4.50. The lowest BCUT2D eigenvalue weighted by Crippen LogP contribution is -2.61. The molecular formula is C24H28N4O4. The van der Waals surface area contributed by atoms with E-state index in [-0.39, 0.29) is 43.7 Å². The zero-order chi connectivity index (χ0) is 22.7. The fraction of sp³-hybridized carbons (Fsp3) is 0.417.